The number of benzene rings is 2. The molecule has 0 amide bonds. The van der Waals surface area contributed by atoms with Crippen LogP contribution in [0.1, 0.15) is 30.9 Å². The van der Waals surface area contributed by atoms with Crippen molar-refractivity contribution in [3.05, 3.63) is 71.8 Å². The predicted octanol–water partition coefficient (Wildman–Crippen LogP) is 3.31. The highest BCUT2D eigenvalue weighted by atomic mass is 16.5. The lowest BCUT2D eigenvalue weighted by molar-refractivity contribution is -0.125. The van der Waals surface area contributed by atoms with Gasteiger partial charge in [0.2, 0.25) is 0 Å². The third-order valence-electron chi connectivity index (χ3n) is 4.06. The zero-order valence-corrected chi connectivity index (χ0v) is 14.8. The quantitative estimate of drug-likeness (QED) is 0.657. The van der Waals surface area contributed by atoms with Crippen LogP contribution in [-0.4, -0.2) is 35.1 Å². The highest BCUT2D eigenvalue weighted by Crippen LogP contribution is 2.14. The fourth-order valence-corrected chi connectivity index (χ4v) is 2.60. The fraction of sp³-hybridized carbons (Fsp3) is 0.429. The molecule has 0 aliphatic heterocycles. The third kappa shape index (κ3) is 6.96. The Morgan fingerprint density at radius 1 is 0.840 bits per heavy atom. The van der Waals surface area contributed by atoms with E-state index >= 15 is 0 Å². The van der Waals surface area contributed by atoms with Crippen LogP contribution in [0, 0.1) is 0 Å². The van der Waals surface area contributed by atoms with Gasteiger partial charge in [0.25, 0.3) is 0 Å². The largest absolute Gasteiger partial charge is 0.390 e. The molecule has 0 aromatic heterocycles. The second-order valence-corrected chi connectivity index (χ2v) is 6.18. The Balaban J connectivity index is 1.90. The first-order chi connectivity index (χ1) is 12.2. The molecule has 4 nitrogen and oxygen atoms in total. The monoisotopic (exact) mass is 344 g/mol. The van der Waals surface area contributed by atoms with Gasteiger partial charge in [-0.3, -0.25) is 0 Å². The zero-order chi connectivity index (χ0) is 17.9. The SMILES string of the molecule is CCC[C@H](O)[C@H](O)[C@@H](COCc1ccccc1)OCc1ccccc1. The molecule has 136 valence electrons. The van der Waals surface area contributed by atoms with E-state index in [4.69, 9.17) is 9.47 Å². The fourth-order valence-electron chi connectivity index (χ4n) is 2.60. The molecule has 3 atom stereocenters. The van der Waals surface area contributed by atoms with Crippen molar-refractivity contribution in [2.24, 2.45) is 0 Å². The highest BCUT2D eigenvalue weighted by Gasteiger charge is 2.27. The Kier molecular flexibility index (Phi) is 8.63. The number of hydrogen-bond donors (Lipinski definition) is 2. The Morgan fingerprint density at radius 3 is 1.96 bits per heavy atom. The van der Waals surface area contributed by atoms with Gasteiger partial charge >= 0.3 is 0 Å². The third-order valence-corrected chi connectivity index (χ3v) is 4.06. The van der Waals surface area contributed by atoms with Crippen LogP contribution in [0.25, 0.3) is 0 Å². The first-order valence-corrected chi connectivity index (χ1v) is 8.84. The topological polar surface area (TPSA) is 58.9 Å². The molecule has 0 saturated heterocycles. The summed E-state index contributed by atoms with van der Waals surface area (Å²) in [5.74, 6) is 0. The van der Waals surface area contributed by atoms with E-state index in [0.29, 0.717) is 19.6 Å². The van der Waals surface area contributed by atoms with Crippen LogP contribution in [0.2, 0.25) is 0 Å². The molecule has 0 fully saturated rings. The van der Waals surface area contributed by atoms with E-state index in [-0.39, 0.29) is 6.61 Å². The molecular formula is C21H28O4. The summed E-state index contributed by atoms with van der Waals surface area (Å²) in [6.45, 7) is 3.02. The van der Waals surface area contributed by atoms with Gasteiger partial charge in [0, 0.05) is 0 Å². The van der Waals surface area contributed by atoms with Crippen LogP contribution >= 0.6 is 0 Å². The van der Waals surface area contributed by atoms with Crippen LogP contribution in [0.5, 0.6) is 0 Å². The van der Waals surface area contributed by atoms with Crippen molar-refractivity contribution in [2.45, 2.75) is 51.3 Å². The van der Waals surface area contributed by atoms with Crippen LogP contribution in [-0.2, 0) is 22.7 Å². The van der Waals surface area contributed by atoms with Crippen LogP contribution in [0.4, 0.5) is 0 Å². The summed E-state index contributed by atoms with van der Waals surface area (Å²) in [5.41, 5.74) is 2.08. The van der Waals surface area contributed by atoms with E-state index in [1.165, 1.54) is 0 Å². The normalized spacial score (nSPS) is 14.8. The Labute approximate surface area is 150 Å². The van der Waals surface area contributed by atoms with E-state index in [9.17, 15) is 10.2 Å². The van der Waals surface area contributed by atoms with E-state index in [1.54, 1.807) is 0 Å². The van der Waals surface area contributed by atoms with Crippen molar-refractivity contribution in [2.75, 3.05) is 6.61 Å². The van der Waals surface area contributed by atoms with Crippen molar-refractivity contribution in [3.8, 4) is 0 Å². The van der Waals surface area contributed by atoms with Gasteiger partial charge in [0.15, 0.2) is 0 Å². The summed E-state index contributed by atoms with van der Waals surface area (Å²) >= 11 is 0. The molecule has 0 aliphatic rings. The van der Waals surface area contributed by atoms with Crippen molar-refractivity contribution in [3.63, 3.8) is 0 Å². The van der Waals surface area contributed by atoms with E-state index in [1.807, 2.05) is 67.6 Å². The van der Waals surface area contributed by atoms with Gasteiger partial charge in [-0.2, -0.15) is 0 Å². The molecule has 2 aromatic carbocycles. The molecule has 0 unspecified atom stereocenters. The van der Waals surface area contributed by atoms with Gasteiger partial charge in [-0.1, -0.05) is 74.0 Å². The minimum atomic E-state index is -0.973. The summed E-state index contributed by atoms with van der Waals surface area (Å²) < 4.78 is 11.6. The van der Waals surface area contributed by atoms with Crippen LogP contribution in [0.15, 0.2) is 60.7 Å². The van der Waals surface area contributed by atoms with Gasteiger partial charge in [-0.25, -0.2) is 0 Å². The van der Waals surface area contributed by atoms with E-state index in [0.717, 1.165) is 17.5 Å². The molecule has 2 rings (SSSR count). The van der Waals surface area contributed by atoms with Gasteiger partial charge < -0.3 is 19.7 Å². The summed E-state index contributed by atoms with van der Waals surface area (Å²) in [4.78, 5) is 0. The molecule has 0 bridgehead atoms. The second-order valence-electron chi connectivity index (χ2n) is 6.18. The molecule has 0 spiro atoms. The average Bonchev–Trinajstić information content (AvgIpc) is 2.66. The first kappa shape index (κ1) is 19.6. The van der Waals surface area contributed by atoms with Gasteiger partial charge in [0.05, 0.1) is 25.9 Å². The summed E-state index contributed by atoms with van der Waals surface area (Å²) in [5, 5.41) is 20.5. The maximum absolute atomic E-state index is 10.4. The van der Waals surface area contributed by atoms with Gasteiger partial charge in [0.1, 0.15) is 12.2 Å². The van der Waals surface area contributed by atoms with Gasteiger partial charge in [-0.05, 0) is 17.5 Å². The standard InChI is InChI=1S/C21H28O4/c1-2-9-19(22)21(23)20(25-15-18-12-7-4-8-13-18)16-24-14-17-10-5-3-6-11-17/h3-8,10-13,19-23H,2,9,14-16H2,1H3/t19-,20+,21-/m0/s1. The number of ether oxygens (including phenoxy) is 2. The van der Waals surface area contributed by atoms with Crippen molar-refractivity contribution < 1.29 is 19.7 Å². The molecular weight excluding hydrogens is 316 g/mol. The van der Waals surface area contributed by atoms with Crippen molar-refractivity contribution in [1.29, 1.82) is 0 Å². The predicted molar refractivity (Wildman–Crippen MR) is 98.0 cm³/mol. The lowest BCUT2D eigenvalue weighted by atomic mass is 10.0. The Hall–Kier alpha value is -1.72. The van der Waals surface area contributed by atoms with Crippen LogP contribution < -0.4 is 0 Å². The molecule has 25 heavy (non-hydrogen) atoms. The molecule has 0 aliphatic carbocycles. The highest BCUT2D eigenvalue weighted by molar-refractivity contribution is 5.14. The average molecular weight is 344 g/mol. The lowest BCUT2D eigenvalue weighted by Gasteiger charge is -2.27. The minimum absolute atomic E-state index is 0.226. The molecule has 4 heteroatoms. The molecule has 0 radical (unpaired) electrons. The minimum Gasteiger partial charge on any atom is -0.390 e. The smallest absolute Gasteiger partial charge is 0.110 e. The van der Waals surface area contributed by atoms with E-state index in [2.05, 4.69) is 0 Å². The molecule has 2 aromatic rings. The number of hydrogen-bond acceptors (Lipinski definition) is 4. The van der Waals surface area contributed by atoms with Gasteiger partial charge in [-0.15, -0.1) is 0 Å². The maximum atomic E-state index is 10.4. The van der Waals surface area contributed by atoms with Crippen molar-refractivity contribution in [1.82, 2.24) is 0 Å². The molecule has 0 saturated carbocycles. The molecule has 2 N–H and O–H groups in total. The lowest BCUT2D eigenvalue weighted by Crippen LogP contribution is -2.41. The second kappa shape index (κ2) is 11.0. The van der Waals surface area contributed by atoms with Crippen LogP contribution in [0.3, 0.4) is 0 Å². The first-order valence-electron chi connectivity index (χ1n) is 8.84. The number of aliphatic hydroxyl groups is 2. The summed E-state index contributed by atoms with van der Waals surface area (Å²) in [6.07, 6.45) is -1.03. The zero-order valence-electron chi connectivity index (χ0n) is 14.8. The Bertz CT molecular complexity index is 573. The number of rotatable bonds is 11. The summed E-state index contributed by atoms with van der Waals surface area (Å²) in [7, 11) is 0. The maximum Gasteiger partial charge on any atom is 0.110 e. The summed E-state index contributed by atoms with van der Waals surface area (Å²) in [6, 6.07) is 19.6. The number of aliphatic hydroxyl groups excluding tert-OH is 2. The van der Waals surface area contributed by atoms with E-state index < -0.39 is 18.3 Å². The molecule has 0 heterocycles. The van der Waals surface area contributed by atoms with Crippen molar-refractivity contribution >= 4 is 0 Å². The Morgan fingerprint density at radius 2 is 1.40 bits per heavy atom.